The predicted molar refractivity (Wildman–Crippen MR) is 227 cm³/mol. The van der Waals surface area contributed by atoms with E-state index in [1.165, 1.54) is 0 Å². The second kappa shape index (κ2) is 13.9. The molecule has 0 aliphatic carbocycles. The van der Waals surface area contributed by atoms with Crippen LogP contribution in [0.15, 0.2) is 211 Å². The molecule has 0 amide bonds. The SMILES string of the molecule is c1ccc(-c2cc(-c3ccc4oc5ccccc5c4c3)cc(-c3cc(-c4cc(-c5ccccc5)ccc4-c4ccccc4)nc(-c4ccccc4)n3)c2)cc1. The van der Waals surface area contributed by atoms with Gasteiger partial charge in [0.2, 0.25) is 0 Å². The maximum Gasteiger partial charge on any atom is 0.160 e. The molecule has 55 heavy (non-hydrogen) atoms. The average molecular weight is 703 g/mol. The van der Waals surface area contributed by atoms with Gasteiger partial charge in [-0.1, -0.05) is 158 Å². The van der Waals surface area contributed by atoms with Crippen molar-refractivity contribution in [2.24, 2.45) is 0 Å². The van der Waals surface area contributed by atoms with Crippen molar-refractivity contribution in [1.29, 1.82) is 0 Å². The summed E-state index contributed by atoms with van der Waals surface area (Å²) in [4.78, 5) is 10.6. The van der Waals surface area contributed by atoms with E-state index in [9.17, 15) is 0 Å². The van der Waals surface area contributed by atoms with E-state index >= 15 is 0 Å². The highest BCUT2D eigenvalue weighted by Gasteiger charge is 2.18. The van der Waals surface area contributed by atoms with Crippen molar-refractivity contribution in [1.82, 2.24) is 9.97 Å². The Labute approximate surface area is 319 Å². The summed E-state index contributed by atoms with van der Waals surface area (Å²) in [6.45, 7) is 0. The summed E-state index contributed by atoms with van der Waals surface area (Å²) in [7, 11) is 0. The number of para-hydroxylation sites is 1. The van der Waals surface area contributed by atoms with Crippen LogP contribution >= 0.6 is 0 Å². The average Bonchev–Trinajstić information content (AvgIpc) is 3.65. The fraction of sp³-hybridized carbons (Fsp3) is 0. The van der Waals surface area contributed by atoms with Gasteiger partial charge in [0.05, 0.1) is 11.4 Å². The Morgan fingerprint density at radius 1 is 0.273 bits per heavy atom. The van der Waals surface area contributed by atoms with E-state index < -0.39 is 0 Å². The third-order valence-corrected chi connectivity index (χ3v) is 10.3. The number of aromatic nitrogens is 2. The van der Waals surface area contributed by atoms with Gasteiger partial charge in [0.1, 0.15) is 11.2 Å². The molecule has 2 heterocycles. The molecule has 8 aromatic carbocycles. The van der Waals surface area contributed by atoms with E-state index in [1.54, 1.807) is 0 Å². The number of hydrogen-bond acceptors (Lipinski definition) is 3. The Balaban J connectivity index is 1.21. The fourth-order valence-corrected chi connectivity index (χ4v) is 7.53. The lowest BCUT2D eigenvalue weighted by atomic mass is 9.91. The minimum absolute atomic E-state index is 0.676. The van der Waals surface area contributed by atoms with Gasteiger partial charge in [-0.05, 0) is 93.0 Å². The van der Waals surface area contributed by atoms with Crippen molar-refractivity contribution < 1.29 is 4.42 Å². The van der Waals surface area contributed by atoms with Gasteiger partial charge < -0.3 is 4.42 Å². The smallest absolute Gasteiger partial charge is 0.160 e. The first-order valence-corrected chi connectivity index (χ1v) is 18.6. The summed E-state index contributed by atoms with van der Waals surface area (Å²) < 4.78 is 6.20. The van der Waals surface area contributed by atoms with Crippen molar-refractivity contribution in [3.8, 4) is 78.4 Å². The topological polar surface area (TPSA) is 38.9 Å². The quantitative estimate of drug-likeness (QED) is 0.166. The summed E-state index contributed by atoms with van der Waals surface area (Å²) in [5.41, 5.74) is 15.5. The number of hydrogen-bond donors (Lipinski definition) is 0. The number of fused-ring (bicyclic) bond motifs is 3. The zero-order valence-corrected chi connectivity index (χ0v) is 29.9. The molecule has 2 aromatic heterocycles. The summed E-state index contributed by atoms with van der Waals surface area (Å²) in [5, 5.41) is 2.21. The van der Waals surface area contributed by atoms with E-state index in [4.69, 9.17) is 14.4 Å². The van der Waals surface area contributed by atoms with E-state index in [2.05, 4.69) is 176 Å². The standard InChI is InChI=1S/C52H34N2O/c1-5-15-35(16-6-1)39-25-27-44(37-19-9-3-10-20-37)46(32-39)49-34-48(53-52(54-49)38-21-11-4-12-22-38)43-30-41(36-17-7-2-8-18-36)29-42(31-43)40-26-28-51-47(33-40)45-23-13-14-24-50(45)55-51/h1-34H. The lowest BCUT2D eigenvalue weighted by molar-refractivity contribution is 0.669. The van der Waals surface area contributed by atoms with E-state index in [0.717, 1.165) is 94.5 Å². The first kappa shape index (κ1) is 32.3. The first-order chi connectivity index (χ1) is 27.2. The second-order valence-corrected chi connectivity index (χ2v) is 13.8. The second-order valence-electron chi connectivity index (χ2n) is 13.8. The van der Waals surface area contributed by atoms with E-state index in [-0.39, 0.29) is 0 Å². The maximum atomic E-state index is 6.20. The highest BCUT2D eigenvalue weighted by molar-refractivity contribution is 6.06. The zero-order chi connectivity index (χ0) is 36.6. The number of furan rings is 1. The molecule has 258 valence electrons. The van der Waals surface area contributed by atoms with Gasteiger partial charge >= 0.3 is 0 Å². The third-order valence-electron chi connectivity index (χ3n) is 10.3. The van der Waals surface area contributed by atoms with Crippen LogP contribution in [0.3, 0.4) is 0 Å². The molecular weight excluding hydrogens is 669 g/mol. The van der Waals surface area contributed by atoms with Gasteiger partial charge in [-0.3, -0.25) is 0 Å². The maximum absolute atomic E-state index is 6.20. The van der Waals surface area contributed by atoms with E-state index in [1.807, 2.05) is 30.3 Å². The lowest BCUT2D eigenvalue weighted by Crippen LogP contribution is -1.98. The molecule has 0 N–H and O–H groups in total. The van der Waals surface area contributed by atoms with Crippen LogP contribution in [0, 0.1) is 0 Å². The van der Waals surface area contributed by atoms with Crippen LogP contribution in [0.25, 0.3) is 100 Å². The molecule has 0 saturated carbocycles. The Hall–Kier alpha value is -7.36. The molecule has 0 atom stereocenters. The number of benzene rings is 8. The van der Waals surface area contributed by atoms with Gasteiger partial charge in [-0.2, -0.15) is 0 Å². The monoisotopic (exact) mass is 702 g/mol. The predicted octanol–water partition coefficient (Wildman–Crippen LogP) is 14.0. The molecule has 0 fully saturated rings. The molecule has 3 nitrogen and oxygen atoms in total. The van der Waals surface area contributed by atoms with Gasteiger partial charge in [-0.15, -0.1) is 0 Å². The van der Waals surface area contributed by atoms with Crippen molar-refractivity contribution in [3.05, 3.63) is 206 Å². The van der Waals surface area contributed by atoms with Gasteiger partial charge in [0.25, 0.3) is 0 Å². The third kappa shape index (κ3) is 6.28. The van der Waals surface area contributed by atoms with E-state index in [0.29, 0.717) is 5.82 Å². The zero-order valence-electron chi connectivity index (χ0n) is 29.9. The van der Waals surface area contributed by atoms with Crippen LogP contribution in [0.5, 0.6) is 0 Å². The molecule has 0 unspecified atom stereocenters. The van der Waals surface area contributed by atoms with Crippen LogP contribution < -0.4 is 0 Å². The molecule has 10 rings (SSSR count). The summed E-state index contributed by atoms with van der Waals surface area (Å²) in [6.07, 6.45) is 0. The normalized spacial score (nSPS) is 11.3. The van der Waals surface area contributed by atoms with Crippen molar-refractivity contribution >= 4 is 21.9 Å². The largest absolute Gasteiger partial charge is 0.456 e. The van der Waals surface area contributed by atoms with Crippen LogP contribution in [0.2, 0.25) is 0 Å². The molecule has 10 aromatic rings. The van der Waals surface area contributed by atoms with Crippen LogP contribution in [0.1, 0.15) is 0 Å². The molecule has 3 heteroatoms. The Bertz CT molecular complexity index is 2950. The number of rotatable bonds is 7. The minimum atomic E-state index is 0.676. The van der Waals surface area contributed by atoms with Gasteiger partial charge in [0, 0.05) is 27.5 Å². The fourth-order valence-electron chi connectivity index (χ4n) is 7.53. The highest BCUT2D eigenvalue weighted by atomic mass is 16.3. The summed E-state index contributed by atoms with van der Waals surface area (Å²) in [6, 6.07) is 72.3. The number of nitrogens with zero attached hydrogens (tertiary/aromatic N) is 2. The molecular formula is C52H34N2O. The minimum Gasteiger partial charge on any atom is -0.456 e. The van der Waals surface area contributed by atoms with Gasteiger partial charge in [-0.25, -0.2) is 9.97 Å². The Morgan fingerprint density at radius 3 is 1.49 bits per heavy atom. The van der Waals surface area contributed by atoms with Crippen LogP contribution in [-0.4, -0.2) is 9.97 Å². The highest BCUT2D eigenvalue weighted by Crippen LogP contribution is 2.40. The molecule has 0 aliphatic rings. The lowest BCUT2D eigenvalue weighted by Gasteiger charge is -2.16. The van der Waals surface area contributed by atoms with Crippen LogP contribution in [-0.2, 0) is 0 Å². The molecule has 0 aliphatic heterocycles. The van der Waals surface area contributed by atoms with Crippen molar-refractivity contribution in [2.45, 2.75) is 0 Å². The molecule has 0 spiro atoms. The Kier molecular flexibility index (Phi) is 8.16. The molecule has 0 radical (unpaired) electrons. The Morgan fingerprint density at radius 2 is 0.782 bits per heavy atom. The van der Waals surface area contributed by atoms with Crippen LogP contribution in [0.4, 0.5) is 0 Å². The van der Waals surface area contributed by atoms with Crippen molar-refractivity contribution in [2.75, 3.05) is 0 Å². The summed E-state index contributed by atoms with van der Waals surface area (Å²) in [5.74, 6) is 0.676. The molecule has 0 saturated heterocycles. The molecule has 0 bridgehead atoms. The summed E-state index contributed by atoms with van der Waals surface area (Å²) >= 11 is 0. The van der Waals surface area contributed by atoms with Crippen molar-refractivity contribution in [3.63, 3.8) is 0 Å². The first-order valence-electron chi connectivity index (χ1n) is 18.6. The van der Waals surface area contributed by atoms with Gasteiger partial charge in [0.15, 0.2) is 5.82 Å².